The second-order valence-electron chi connectivity index (χ2n) is 7.41. The van der Waals surface area contributed by atoms with Crippen LogP contribution in [0.25, 0.3) is 11.1 Å². The van der Waals surface area contributed by atoms with Crippen molar-refractivity contribution in [1.29, 1.82) is 0 Å². The van der Waals surface area contributed by atoms with E-state index in [-0.39, 0.29) is 12.4 Å². The second kappa shape index (κ2) is 7.40. The third-order valence-electron chi connectivity index (χ3n) is 5.24. The molecule has 0 unspecified atom stereocenters. The standard InChI is InChI=1S/C23H23NO3S/c1-14-4-6-17(7-5-14)19-10-11-28-22(19)23(26)27-13-21(25)20-12-15(2)24(16(20)3)18-8-9-18/h4-7,10-12,18H,8-9,13H2,1-3H3. The molecule has 1 fully saturated rings. The number of esters is 1. The van der Waals surface area contributed by atoms with Crippen LogP contribution < -0.4 is 0 Å². The van der Waals surface area contributed by atoms with Gasteiger partial charge in [0, 0.05) is 28.6 Å². The number of ether oxygens (including phenoxy) is 1. The molecule has 1 aliphatic carbocycles. The van der Waals surface area contributed by atoms with E-state index in [0.29, 0.717) is 16.5 Å². The number of carbonyl (C=O) groups excluding carboxylic acids is 2. The van der Waals surface area contributed by atoms with Crippen molar-refractivity contribution >= 4 is 23.1 Å². The van der Waals surface area contributed by atoms with Crippen LogP contribution in [0.5, 0.6) is 0 Å². The molecule has 2 aromatic heterocycles. The first kappa shape index (κ1) is 18.7. The summed E-state index contributed by atoms with van der Waals surface area (Å²) < 4.78 is 7.61. The molecule has 1 aromatic carbocycles. The summed E-state index contributed by atoms with van der Waals surface area (Å²) in [7, 11) is 0. The Morgan fingerprint density at radius 1 is 1.11 bits per heavy atom. The number of ketones is 1. The van der Waals surface area contributed by atoms with Crippen molar-refractivity contribution < 1.29 is 14.3 Å². The van der Waals surface area contributed by atoms with Gasteiger partial charge >= 0.3 is 5.97 Å². The summed E-state index contributed by atoms with van der Waals surface area (Å²) in [5, 5.41) is 1.87. The van der Waals surface area contributed by atoms with Gasteiger partial charge in [0.25, 0.3) is 0 Å². The molecule has 0 aliphatic heterocycles. The zero-order valence-electron chi connectivity index (χ0n) is 16.3. The predicted molar refractivity (Wildman–Crippen MR) is 111 cm³/mol. The first-order valence-corrected chi connectivity index (χ1v) is 10.4. The Morgan fingerprint density at radius 2 is 1.82 bits per heavy atom. The van der Waals surface area contributed by atoms with Gasteiger partial charge in [-0.1, -0.05) is 29.8 Å². The molecule has 0 radical (unpaired) electrons. The summed E-state index contributed by atoms with van der Waals surface area (Å²) in [6.07, 6.45) is 2.33. The van der Waals surface area contributed by atoms with Gasteiger partial charge in [-0.25, -0.2) is 4.79 Å². The molecule has 0 bridgehead atoms. The van der Waals surface area contributed by atoms with Gasteiger partial charge in [0.05, 0.1) is 0 Å². The van der Waals surface area contributed by atoms with Crippen molar-refractivity contribution in [2.45, 2.75) is 39.7 Å². The Morgan fingerprint density at radius 3 is 2.50 bits per heavy atom. The Bertz CT molecular complexity index is 1040. The van der Waals surface area contributed by atoms with Crippen LogP contribution >= 0.6 is 11.3 Å². The van der Waals surface area contributed by atoms with E-state index >= 15 is 0 Å². The predicted octanol–water partition coefficient (Wildman–Crippen LogP) is 5.52. The molecule has 0 spiro atoms. The van der Waals surface area contributed by atoms with Crippen LogP contribution in [-0.4, -0.2) is 22.9 Å². The maximum absolute atomic E-state index is 12.7. The van der Waals surface area contributed by atoms with Crippen molar-refractivity contribution in [3.05, 3.63) is 69.2 Å². The third-order valence-corrected chi connectivity index (χ3v) is 6.14. The van der Waals surface area contributed by atoms with Gasteiger partial charge in [-0.05, 0) is 56.7 Å². The van der Waals surface area contributed by atoms with Gasteiger partial charge in [0.15, 0.2) is 6.61 Å². The van der Waals surface area contributed by atoms with E-state index < -0.39 is 5.97 Å². The number of rotatable bonds is 6. The molecule has 0 amide bonds. The molecular formula is C23H23NO3S. The van der Waals surface area contributed by atoms with Crippen molar-refractivity contribution in [1.82, 2.24) is 4.57 Å². The number of hydrogen-bond donors (Lipinski definition) is 0. The monoisotopic (exact) mass is 393 g/mol. The topological polar surface area (TPSA) is 48.3 Å². The highest BCUT2D eigenvalue weighted by molar-refractivity contribution is 7.12. The van der Waals surface area contributed by atoms with E-state index in [0.717, 1.165) is 28.1 Å². The molecule has 4 rings (SSSR count). The number of aromatic nitrogens is 1. The molecule has 0 saturated heterocycles. The van der Waals surface area contributed by atoms with Gasteiger partial charge in [-0.15, -0.1) is 11.3 Å². The molecule has 5 heteroatoms. The Hall–Kier alpha value is -2.66. The molecule has 2 heterocycles. The van der Waals surface area contributed by atoms with Crippen LogP contribution in [0, 0.1) is 20.8 Å². The molecule has 3 aromatic rings. The van der Waals surface area contributed by atoms with Gasteiger partial charge in [-0.3, -0.25) is 4.79 Å². The fraction of sp³-hybridized carbons (Fsp3) is 0.304. The zero-order valence-corrected chi connectivity index (χ0v) is 17.1. The third kappa shape index (κ3) is 3.54. The second-order valence-corrected chi connectivity index (χ2v) is 8.33. The van der Waals surface area contributed by atoms with Crippen LogP contribution in [0.1, 0.15) is 55.9 Å². The first-order chi connectivity index (χ1) is 13.5. The van der Waals surface area contributed by atoms with Gasteiger partial charge < -0.3 is 9.30 Å². The average molecular weight is 394 g/mol. The van der Waals surface area contributed by atoms with Crippen LogP contribution in [-0.2, 0) is 4.74 Å². The smallest absolute Gasteiger partial charge is 0.349 e. The fourth-order valence-corrected chi connectivity index (χ4v) is 4.46. The summed E-state index contributed by atoms with van der Waals surface area (Å²) in [4.78, 5) is 25.8. The van der Waals surface area contributed by atoms with Crippen molar-refractivity contribution in [2.75, 3.05) is 6.61 Å². The molecule has 144 valence electrons. The van der Waals surface area contributed by atoms with Crippen molar-refractivity contribution in [2.24, 2.45) is 0 Å². The number of aryl methyl sites for hydroxylation is 2. The highest BCUT2D eigenvalue weighted by Gasteiger charge is 2.28. The van der Waals surface area contributed by atoms with Gasteiger partial charge in [0.2, 0.25) is 5.78 Å². The maximum Gasteiger partial charge on any atom is 0.349 e. The van der Waals surface area contributed by atoms with Crippen LogP contribution in [0.4, 0.5) is 0 Å². The first-order valence-electron chi connectivity index (χ1n) is 9.49. The Labute approximate surface area is 168 Å². The Balaban J connectivity index is 1.47. The molecule has 1 saturated carbocycles. The van der Waals surface area contributed by atoms with E-state index in [2.05, 4.69) is 4.57 Å². The summed E-state index contributed by atoms with van der Waals surface area (Å²) >= 11 is 1.34. The molecule has 0 atom stereocenters. The number of nitrogens with zero attached hydrogens (tertiary/aromatic N) is 1. The highest BCUT2D eigenvalue weighted by Crippen LogP contribution is 2.38. The van der Waals surface area contributed by atoms with Crippen molar-refractivity contribution in [3.8, 4) is 11.1 Å². The largest absolute Gasteiger partial charge is 0.453 e. The number of Topliss-reactive ketones (excluding diaryl/α,β-unsaturated/α-hetero) is 1. The number of hydrogen-bond acceptors (Lipinski definition) is 4. The van der Waals surface area contributed by atoms with Gasteiger partial charge in [-0.2, -0.15) is 0 Å². The summed E-state index contributed by atoms with van der Waals surface area (Å²) in [5.41, 5.74) is 5.69. The normalized spacial score (nSPS) is 13.5. The van der Waals surface area contributed by atoms with E-state index in [4.69, 9.17) is 4.74 Å². The van der Waals surface area contributed by atoms with E-state index in [9.17, 15) is 9.59 Å². The molecule has 0 N–H and O–H groups in total. The summed E-state index contributed by atoms with van der Waals surface area (Å²) in [6.45, 7) is 5.78. The fourth-order valence-electron chi connectivity index (χ4n) is 3.66. The Kier molecular flexibility index (Phi) is 4.94. The minimum atomic E-state index is -0.449. The van der Waals surface area contributed by atoms with Crippen LogP contribution in [0.15, 0.2) is 41.8 Å². The molecule has 4 nitrogen and oxygen atoms in total. The van der Waals surface area contributed by atoms with Crippen LogP contribution in [0.3, 0.4) is 0 Å². The number of benzene rings is 1. The molecule has 28 heavy (non-hydrogen) atoms. The van der Waals surface area contributed by atoms with Crippen molar-refractivity contribution in [3.63, 3.8) is 0 Å². The number of thiophene rings is 1. The maximum atomic E-state index is 12.7. The summed E-state index contributed by atoms with van der Waals surface area (Å²) in [6, 6.07) is 12.4. The lowest BCUT2D eigenvalue weighted by atomic mass is 10.1. The highest BCUT2D eigenvalue weighted by atomic mass is 32.1. The van der Waals surface area contributed by atoms with E-state index in [1.807, 2.05) is 62.5 Å². The molecule has 1 aliphatic rings. The minimum Gasteiger partial charge on any atom is -0.453 e. The summed E-state index contributed by atoms with van der Waals surface area (Å²) in [5.74, 6) is -0.600. The molecular weight excluding hydrogens is 370 g/mol. The lowest BCUT2D eigenvalue weighted by molar-refractivity contribution is 0.0480. The van der Waals surface area contributed by atoms with Gasteiger partial charge in [0.1, 0.15) is 4.88 Å². The lowest BCUT2D eigenvalue weighted by Crippen LogP contribution is -2.15. The average Bonchev–Trinajstić information content (AvgIpc) is 3.29. The quantitative estimate of drug-likeness (QED) is 0.409. The van der Waals surface area contributed by atoms with E-state index in [1.54, 1.807) is 0 Å². The zero-order chi connectivity index (χ0) is 19.8. The number of carbonyl (C=O) groups is 2. The SMILES string of the molecule is Cc1ccc(-c2ccsc2C(=O)OCC(=O)c2cc(C)n(C3CC3)c2C)cc1. The van der Waals surface area contributed by atoms with E-state index in [1.165, 1.54) is 24.2 Å². The minimum absolute atomic E-state index is 0.151. The lowest BCUT2D eigenvalue weighted by Gasteiger charge is -2.08. The van der Waals surface area contributed by atoms with Crippen LogP contribution in [0.2, 0.25) is 0 Å².